The summed E-state index contributed by atoms with van der Waals surface area (Å²) in [6, 6.07) is 16.5. The second kappa shape index (κ2) is 6.64. The first kappa shape index (κ1) is 13.2. The Morgan fingerprint density at radius 3 is 2.72 bits per heavy atom. The lowest BCUT2D eigenvalue weighted by molar-refractivity contribution is 0.340. The molecule has 0 amide bonds. The molecule has 0 spiro atoms. The van der Waals surface area contributed by atoms with Gasteiger partial charge in [-0.05, 0) is 65.4 Å². The molecular formula is C15H16INO. The average molecular weight is 353 g/mol. The number of anilines is 1. The molecular weight excluding hydrogens is 337 g/mol. The minimum absolute atomic E-state index is 0.702. The standard InChI is InChI=1S/C15H16INO/c1-2-18-15-8-3-5-12(9-15)11-17-14-7-4-6-13(16)10-14/h3-10,17H,2,11H2,1H3. The SMILES string of the molecule is CCOc1cccc(CNc2cccc(I)c2)c1. The number of hydrogen-bond donors (Lipinski definition) is 1. The molecule has 0 aliphatic carbocycles. The molecule has 1 N–H and O–H groups in total. The summed E-state index contributed by atoms with van der Waals surface area (Å²) in [5, 5.41) is 3.41. The van der Waals surface area contributed by atoms with Crippen LogP contribution >= 0.6 is 22.6 Å². The van der Waals surface area contributed by atoms with Crippen LogP contribution in [0.1, 0.15) is 12.5 Å². The topological polar surface area (TPSA) is 21.3 Å². The van der Waals surface area contributed by atoms with Gasteiger partial charge in [-0.1, -0.05) is 18.2 Å². The highest BCUT2D eigenvalue weighted by atomic mass is 127. The Bertz CT molecular complexity index is 513. The van der Waals surface area contributed by atoms with Gasteiger partial charge in [-0.25, -0.2) is 0 Å². The zero-order valence-electron chi connectivity index (χ0n) is 10.3. The van der Waals surface area contributed by atoms with E-state index in [-0.39, 0.29) is 0 Å². The van der Waals surface area contributed by atoms with E-state index in [1.165, 1.54) is 9.13 Å². The molecule has 2 aromatic carbocycles. The quantitative estimate of drug-likeness (QED) is 0.810. The lowest BCUT2D eigenvalue weighted by Gasteiger charge is -2.09. The highest BCUT2D eigenvalue weighted by molar-refractivity contribution is 14.1. The molecule has 94 valence electrons. The van der Waals surface area contributed by atoms with Crippen LogP contribution in [-0.2, 0) is 6.54 Å². The predicted molar refractivity (Wildman–Crippen MR) is 84.1 cm³/mol. The number of hydrogen-bond acceptors (Lipinski definition) is 2. The van der Waals surface area contributed by atoms with Crippen LogP contribution in [0.25, 0.3) is 0 Å². The fraction of sp³-hybridized carbons (Fsp3) is 0.200. The third kappa shape index (κ3) is 3.91. The number of benzene rings is 2. The highest BCUT2D eigenvalue weighted by Crippen LogP contribution is 2.16. The molecule has 0 fully saturated rings. The molecule has 2 nitrogen and oxygen atoms in total. The van der Waals surface area contributed by atoms with E-state index in [1.807, 2.05) is 19.1 Å². The third-order valence-electron chi connectivity index (χ3n) is 2.53. The number of ether oxygens (including phenoxy) is 1. The minimum atomic E-state index is 0.702. The highest BCUT2D eigenvalue weighted by Gasteiger charge is 1.97. The summed E-state index contributed by atoms with van der Waals surface area (Å²) in [7, 11) is 0. The van der Waals surface area contributed by atoms with Crippen LogP contribution in [0.5, 0.6) is 5.75 Å². The molecule has 18 heavy (non-hydrogen) atoms. The Morgan fingerprint density at radius 2 is 1.94 bits per heavy atom. The zero-order chi connectivity index (χ0) is 12.8. The van der Waals surface area contributed by atoms with Crippen LogP contribution in [0.3, 0.4) is 0 Å². The molecule has 0 radical (unpaired) electrons. The van der Waals surface area contributed by atoms with Gasteiger partial charge in [0.15, 0.2) is 0 Å². The first-order chi connectivity index (χ1) is 8.78. The molecule has 0 bridgehead atoms. The molecule has 2 aromatic rings. The lowest BCUT2D eigenvalue weighted by Crippen LogP contribution is -2.00. The summed E-state index contributed by atoms with van der Waals surface area (Å²) >= 11 is 2.32. The normalized spacial score (nSPS) is 10.1. The molecule has 0 heterocycles. The minimum Gasteiger partial charge on any atom is -0.494 e. The Labute approximate surface area is 122 Å². The summed E-state index contributed by atoms with van der Waals surface area (Å²) in [5.41, 5.74) is 2.36. The van der Waals surface area contributed by atoms with Crippen molar-refractivity contribution in [2.24, 2.45) is 0 Å². The molecule has 0 unspecified atom stereocenters. The maximum Gasteiger partial charge on any atom is 0.119 e. The van der Waals surface area contributed by atoms with Gasteiger partial charge in [-0.15, -0.1) is 0 Å². The smallest absolute Gasteiger partial charge is 0.119 e. The predicted octanol–water partition coefficient (Wildman–Crippen LogP) is 4.30. The summed E-state index contributed by atoms with van der Waals surface area (Å²) in [5.74, 6) is 0.930. The Morgan fingerprint density at radius 1 is 1.11 bits per heavy atom. The molecule has 0 saturated heterocycles. The monoisotopic (exact) mass is 353 g/mol. The van der Waals surface area contributed by atoms with Crippen molar-refractivity contribution in [3.8, 4) is 5.75 Å². The van der Waals surface area contributed by atoms with E-state index >= 15 is 0 Å². The fourth-order valence-electron chi connectivity index (χ4n) is 1.71. The molecule has 0 atom stereocenters. The van der Waals surface area contributed by atoms with Gasteiger partial charge in [0.2, 0.25) is 0 Å². The van der Waals surface area contributed by atoms with E-state index in [0.717, 1.165) is 18.0 Å². The van der Waals surface area contributed by atoms with E-state index < -0.39 is 0 Å². The largest absolute Gasteiger partial charge is 0.494 e. The van der Waals surface area contributed by atoms with Crippen LogP contribution in [0.15, 0.2) is 48.5 Å². The summed E-state index contributed by atoms with van der Waals surface area (Å²) in [6.07, 6.45) is 0. The maximum atomic E-state index is 5.49. The number of rotatable bonds is 5. The van der Waals surface area contributed by atoms with Crippen LogP contribution in [-0.4, -0.2) is 6.61 Å². The number of halogens is 1. The molecule has 0 aliphatic rings. The van der Waals surface area contributed by atoms with Gasteiger partial charge in [0, 0.05) is 15.8 Å². The first-order valence-corrected chi connectivity index (χ1v) is 7.07. The van der Waals surface area contributed by atoms with E-state index in [4.69, 9.17) is 4.74 Å². The van der Waals surface area contributed by atoms with E-state index in [2.05, 4.69) is 64.3 Å². The van der Waals surface area contributed by atoms with Crippen molar-refractivity contribution in [1.29, 1.82) is 0 Å². The fourth-order valence-corrected chi connectivity index (χ4v) is 2.26. The van der Waals surface area contributed by atoms with Gasteiger partial charge in [-0.3, -0.25) is 0 Å². The van der Waals surface area contributed by atoms with Gasteiger partial charge >= 0.3 is 0 Å². The third-order valence-corrected chi connectivity index (χ3v) is 3.20. The summed E-state index contributed by atoms with van der Waals surface area (Å²) in [4.78, 5) is 0. The molecule has 0 saturated carbocycles. The van der Waals surface area contributed by atoms with Crippen LogP contribution in [0, 0.1) is 3.57 Å². The number of nitrogens with one attached hydrogen (secondary N) is 1. The summed E-state index contributed by atoms with van der Waals surface area (Å²) in [6.45, 7) is 3.51. The lowest BCUT2D eigenvalue weighted by atomic mass is 10.2. The Hall–Kier alpha value is -1.23. The van der Waals surface area contributed by atoms with Gasteiger partial charge in [-0.2, -0.15) is 0 Å². The van der Waals surface area contributed by atoms with Crippen LogP contribution in [0.4, 0.5) is 5.69 Å². The van der Waals surface area contributed by atoms with Crippen molar-refractivity contribution in [2.75, 3.05) is 11.9 Å². The Kier molecular flexibility index (Phi) is 4.87. The second-order valence-corrected chi connectivity index (χ2v) is 5.19. The zero-order valence-corrected chi connectivity index (χ0v) is 12.5. The van der Waals surface area contributed by atoms with Crippen molar-refractivity contribution in [3.63, 3.8) is 0 Å². The maximum absolute atomic E-state index is 5.49. The second-order valence-electron chi connectivity index (χ2n) is 3.94. The van der Waals surface area contributed by atoms with Gasteiger partial charge in [0.1, 0.15) is 5.75 Å². The van der Waals surface area contributed by atoms with Crippen LogP contribution < -0.4 is 10.1 Å². The summed E-state index contributed by atoms with van der Waals surface area (Å²) < 4.78 is 6.73. The average Bonchev–Trinajstić information content (AvgIpc) is 2.37. The molecule has 0 aliphatic heterocycles. The molecule has 2 rings (SSSR count). The van der Waals surface area contributed by atoms with Crippen molar-refractivity contribution >= 4 is 28.3 Å². The van der Waals surface area contributed by atoms with Crippen molar-refractivity contribution in [3.05, 3.63) is 57.7 Å². The van der Waals surface area contributed by atoms with Gasteiger partial charge in [0.25, 0.3) is 0 Å². The van der Waals surface area contributed by atoms with Crippen molar-refractivity contribution < 1.29 is 4.74 Å². The van der Waals surface area contributed by atoms with Crippen LogP contribution in [0.2, 0.25) is 0 Å². The van der Waals surface area contributed by atoms with E-state index in [9.17, 15) is 0 Å². The van der Waals surface area contributed by atoms with E-state index in [1.54, 1.807) is 0 Å². The van der Waals surface area contributed by atoms with E-state index in [0.29, 0.717) is 6.61 Å². The van der Waals surface area contributed by atoms with Gasteiger partial charge in [0.05, 0.1) is 6.61 Å². The van der Waals surface area contributed by atoms with Crippen molar-refractivity contribution in [2.45, 2.75) is 13.5 Å². The van der Waals surface area contributed by atoms with Crippen molar-refractivity contribution in [1.82, 2.24) is 0 Å². The first-order valence-electron chi connectivity index (χ1n) is 5.99. The Balaban J connectivity index is 1.99. The molecule has 3 heteroatoms. The van der Waals surface area contributed by atoms with Gasteiger partial charge < -0.3 is 10.1 Å². The molecule has 0 aromatic heterocycles.